The molecule has 1 heterocycles. The van der Waals surface area contributed by atoms with Crippen molar-refractivity contribution in [3.63, 3.8) is 0 Å². The quantitative estimate of drug-likeness (QED) is 0.611. The summed E-state index contributed by atoms with van der Waals surface area (Å²) in [5.74, 6) is 2.73. The number of hydrogen-bond donors (Lipinski definition) is 1. The molecule has 0 aromatic rings. The van der Waals surface area contributed by atoms with E-state index in [9.17, 15) is 5.11 Å². The van der Waals surface area contributed by atoms with Gasteiger partial charge in [0.05, 0.1) is 6.10 Å². The van der Waals surface area contributed by atoms with Gasteiger partial charge in [0.25, 0.3) is 0 Å². The average Bonchev–Trinajstić information content (AvgIpc) is 2.85. The fourth-order valence-electron chi connectivity index (χ4n) is 9.29. The number of thioether (sulfide) groups is 1. The SMILES string of the molecule is CC1CCC2C3CC45CC6(CCC(O)CC46C(C)S5)C3=CCC12C. The lowest BCUT2D eigenvalue weighted by atomic mass is 9.28. The first-order valence-corrected chi connectivity index (χ1v) is 11.3. The molecule has 9 atom stereocenters. The molecule has 9 unspecified atom stereocenters. The van der Waals surface area contributed by atoms with Gasteiger partial charge < -0.3 is 5.11 Å². The van der Waals surface area contributed by atoms with Crippen molar-refractivity contribution in [2.75, 3.05) is 0 Å². The van der Waals surface area contributed by atoms with Crippen molar-refractivity contribution in [3.8, 4) is 0 Å². The van der Waals surface area contributed by atoms with E-state index in [0.717, 1.165) is 35.8 Å². The largest absolute Gasteiger partial charge is 0.393 e. The third-order valence-electron chi connectivity index (χ3n) is 10.4. The van der Waals surface area contributed by atoms with Crippen LogP contribution >= 0.6 is 11.8 Å². The molecule has 5 saturated carbocycles. The predicted octanol–water partition coefficient (Wildman–Crippen LogP) is 5.18. The Labute approximate surface area is 151 Å². The van der Waals surface area contributed by atoms with Crippen molar-refractivity contribution in [3.05, 3.63) is 11.6 Å². The lowest BCUT2D eigenvalue weighted by Crippen LogP contribution is -2.84. The summed E-state index contributed by atoms with van der Waals surface area (Å²) in [6, 6.07) is 0. The zero-order valence-electron chi connectivity index (χ0n) is 15.5. The van der Waals surface area contributed by atoms with Gasteiger partial charge in [-0.05, 0) is 74.5 Å². The molecule has 6 aliphatic carbocycles. The van der Waals surface area contributed by atoms with Crippen molar-refractivity contribution < 1.29 is 5.11 Å². The van der Waals surface area contributed by atoms with Gasteiger partial charge in [-0.3, -0.25) is 0 Å². The first-order chi connectivity index (χ1) is 11.4. The Morgan fingerprint density at radius 3 is 2.79 bits per heavy atom. The molecule has 7 aliphatic rings. The Kier molecular flexibility index (Phi) is 2.61. The number of rotatable bonds is 0. The lowest BCUT2D eigenvalue weighted by Gasteiger charge is -2.87. The third kappa shape index (κ3) is 1.26. The Bertz CT molecular complexity index is 656. The second-order valence-corrected chi connectivity index (χ2v) is 12.4. The second-order valence-electron chi connectivity index (χ2n) is 10.6. The van der Waals surface area contributed by atoms with Gasteiger partial charge in [-0.25, -0.2) is 0 Å². The van der Waals surface area contributed by atoms with E-state index in [1.54, 1.807) is 0 Å². The van der Waals surface area contributed by atoms with Crippen LogP contribution in [0.2, 0.25) is 0 Å². The van der Waals surface area contributed by atoms with E-state index in [1.807, 2.05) is 5.57 Å². The monoisotopic (exact) mass is 344 g/mol. The standard InChI is InChI=1S/C22H32OS/c1-13-4-5-17-16-11-21-12-20(18(16)7-8-19(13,17)3)9-6-15(23)10-22(20,21)14(2)24-21/h7,13-17,23H,4-6,8-12H2,1-3H3. The van der Waals surface area contributed by atoms with Crippen molar-refractivity contribution in [2.24, 2.45) is 34.0 Å². The highest BCUT2D eigenvalue weighted by Gasteiger charge is 2.86. The summed E-state index contributed by atoms with van der Waals surface area (Å²) in [6.45, 7) is 7.59. The van der Waals surface area contributed by atoms with Gasteiger partial charge in [-0.15, -0.1) is 0 Å². The van der Waals surface area contributed by atoms with Gasteiger partial charge in [0.2, 0.25) is 0 Å². The molecular formula is C22H32OS. The number of aliphatic hydroxyl groups excluding tert-OH is 1. The molecule has 132 valence electrons. The van der Waals surface area contributed by atoms with Gasteiger partial charge in [0.15, 0.2) is 0 Å². The summed E-state index contributed by atoms with van der Waals surface area (Å²) in [6.07, 6.45) is 13.3. The van der Waals surface area contributed by atoms with E-state index in [1.165, 1.54) is 38.5 Å². The maximum absolute atomic E-state index is 10.5. The molecule has 1 N–H and O–H groups in total. The van der Waals surface area contributed by atoms with E-state index < -0.39 is 0 Å². The second kappa shape index (κ2) is 4.14. The summed E-state index contributed by atoms with van der Waals surface area (Å²) in [5, 5.41) is 11.3. The zero-order chi connectivity index (χ0) is 16.5. The minimum atomic E-state index is -0.0290. The Morgan fingerprint density at radius 2 is 2.00 bits per heavy atom. The van der Waals surface area contributed by atoms with E-state index >= 15 is 0 Å². The van der Waals surface area contributed by atoms with Crippen LogP contribution in [0.1, 0.15) is 72.1 Å². The molecule has 0 aromatic heterocycles. The van der Waals surface area contributed by atoms with Crippen LogP contribution in [0.15, 0.2) is 11.6 Å². The normalized spacial score (nSPS) is 66.2. The number of aliphatic hydroxyl groups is 1. The van der Waals surface area contributed by atoms with Crippen molar-refractivity contribution in [1.82, 2.24) is 0 Å². The Balaban J connectivity index is 1.49. The fourth-order valence-corrected chi connectivity index (χ4v) is 11.8. The van der Waals surface area contributed by atoms with Crippen LogP contribution in [-0.4, -0.2) is 21.2 Å². The molecule has 24 heavy (non-hydrogen) atoms. The van der Waals surface area contributed by atoms with Gasteiger partial charge >= 0.3 is 0 Å². The topological polar surface area (TPSA) is 20.2 Å². The van der Waals surface area contributed by atoms with Crippen molar-refractivity contribution in [1.29, 1.82) is 0 Å². The van der Waals surface area contributed by atoms with Crippen LogP contribution in [0, 0.1) is 34.0 Å². The van der Waals surface area contributed by atoms with Crippen LogP contribution in [0.4, 0.5) is 0 Å². The lowest BCUT2D eigenvalue weighted by molar-refractivity contribution is -0.212. The maximum Gasteiger partial charge on any atom is 0.0547 e. The van der Waals surface area contributed by atoms with E-state index in [0.29, 0.717) is 21.0 Å². The fraction of sp³-hybridized carbons (Fsp3) is 0.909. The smallest absolute Gasteiger partial charge is 0.0547 e. The molecule has 7 rings (SSSR count). The molecular weight excluding hydrogens is 312 g/mol. The van der Waals surface area contributed by atoms with Crippen LogP contribution in [0.25, 0.3) is 0 Å². The number of fused-ring (bicyclic) bond motifs is 1. The number of hydrogen-bond acceptors (Lipinski definition) is 2. The molecule has 1 aliphatic heterocycles. The van der Waals surface area contributed by atoms with E-state index in [2.05, 4.69) is 38.6 Å². The molecule has 3 spiro atoms. The van der Waals surface area contributed by atoms with E-state index in [-0.39, 0.29) is 6.10 Å². The zero-order valence-corrected chi connectivity index (χ0v) is 16.3. The first kappa shape index (κ1) is 15.1. The van der Waals surface area contributed by atoms with Crippen molar-refractivity contribution >= 4 is 11.8 Å². The minimum absolute atomic E-state index is 0.0290. The van der Waals surface area contributed by atoms with Crippen LogP contribution < -0.4 is 0 Å². The highest BCUT2D eigenvalue weighted by atomic mass is 32.2. The molecule has 0 aromatic carbocycles. The van der Waals surface area contributed by atoms with Gasteiger partial charge in [0, 0.05) is 20.8 Å². The van der Waals surface area contributed by atoms with Crippen LogP contribution in [0.5, 0.6) is 0 Å². The predicted molar refractivity (Wildman–Crippen MR) is 99.9 cm³/mol. The van der Waals surface area contributed by atoms with Crippen LogP contribution in [-0.2, 0) is 0 Å². The van der Waals surface area contributed by atoms with Gasteiger partial charge in [-0.2, -0.15) is 11.8 Å². The first-order valence-electron chi connectivity index (χ1n) is 10.5. The Morgan fingerprint density at radius 1 is 1.17 bits per heavy atom. The summed E-state index contributed by atoms with van der Waals surface area (Å²) < 4.78 is 0.542. The summed E-state index contributed by atoms with van der Waals surface area (Å²) in [4.78, 5) is 0. The molecule has 2 heteroatoms. The summed E-state index contributed by atoms with van der Waals surface area (Å²) in [7, 11) is 0. The van der Waals surface area contributed by atoms with E-state index in [4.69, 9.17) is 0 Å². The summed E-state index contributed by atoms with van der Waals surface area (Å²) >= 11 is 2.31. The van der Waals surface area contributed by atoms with Gasteiger partial charge in [-0.1, -0.05) is 32.4 Å². The summed E-state index contributed by atoms with van der Waals surface area (Å²) in [5.41, 5.74) is 3.43. The molecule has 0 amide bonds. The molecule has 2 bridgehead atoms. The average molecular weight is 345 g/mol. The van der Waals surface area contributed by atoms with Gasteiger partial charge in [0.1, 0.15) is 0 Å². The molecule has 0 radical (unpaired) electrons. The maximum atomic E-state index is 10.5. The molecule has 1 saturated heterocycles. The minimum Gasteiger partial charge on any atom is -0.393 e. The molecule has 6 fully saturated rings. The number of allylic oxidation sites excluding steroid dienone is 2. The Hall–Kier alpha value is 0.0500. The highest BCUT2D eigenvalue weighted by molar-refractivity contribution is 8.03. The highest BCUT2D eigenvalue weighted by Crippen LogP contribution is 2.91. The van der Waals surface area contributed by atoms with Crippen LogP contribution in [0.3, 0.4) is 0 Å². The molecule has 1 nitrogen and oxygen atoms in total. The third-order valence-corrected chi connectivity index (χ3v) is 12.3. The van der Waals surface area contributed by atoms with Crippen molar-refractivity contribution in [2.45, 2.75) is 88.2 Å².